The number of hydrogen-bond acceptors (Lipinski definition) is 4. The average Bonchev–Trinajstić information content (AvgIpc) is 3.09. The zero-order valence-corrected chi connectivity index (χ0v) is 11.9. The van der Waals surface area contributed by atoms with E-state index in [4.69, 9.17) is 4.42 Å². The number of thiophene rings is 1. The van der Waals surface area contributed by atoms with E-state index in [2.05, 4.69) is 29.6 Å². The van der Waals surface area contributed by atoms with Gasteiger partial charge in [0.2, 0.25) is 0 Å². The molecule has 2 heterocycles. The van der Waals surface area contributed by atoms with Crippen LogP contribution in [0.2, 0.25) is 0 Å². The minimum atomic E-state index is -0.523. The van der Waals surface area contributed by atoms with Crippen LogP contribution in [0.5, 0.6) is 0 Å². The number of hydrogen-bond donors (Lipinski definition) is 1. The van der Waals surface area contributed by atoms with E-state index in [9.17, 15) is 5.11 Å². The third-order valence-electron chi connectivity index (χ3n) is 2.93. The third kappa shape index (κ3) is 3.03. The van der Waals surface area contributed by atoms with E-state index in [1.807, 2.05) is 6.07 Å². The molecule has 0 amide bonds. The molecule has 0 aliphatic carbocycles. The van der Waals surface area contributed by atoms with Crippen LogP contribution in [0.15, 0.2) is 52.5 Å². The predicted molar refractivity (Wildman–Crippen MR) is 81.7 cm³/mol. The number of rotatable bonds is 5. The largest absolute Gasteiger partial charge is 0.467 e. The van der Waals surface area contributed by atoms with E-state index >= 15 is 0 Å². The summed E-state index contributed by atoms with van der Waals surface area (Å²) < 4.78 is 6.51. The van der Waals surface area contributed by atoms with Crippen molar-refractivity contribution >= 4 is 33.2 Å². The van der Waals surface area contributed by atoms with E-state index in [1.54, 1.807) is 35.4 Å². The molecule has 0 spiro atoms. The lowest BCUT2D eigenvalue weighted by atomic mass is 10.2. The summed E-state index contributed by atoms with van der Waals surface area (Å²) in [5.74, 6) is 2.19. The Morgan fingerprint density at radius 1 is 1.26 bits per heavy atom. The van der Waals surface area contributed by atoms with Crippen molar-refractivity contribution in [2.75, 3.05) is 5.75 Å². The highest BCUT2D eigenvalue weighted by Crippen LogP contribution is 2.25. The Labute approximate surface area is 120 Å². The van der Waals surface area contributed by atoms with Gasteiger partial charge < -0.3 is 9.52 Å². The highest BCUT2D eigenvalue weighted by atomic mass is 32.2. The summed E-state index contributed by atoms with van der Waals surface area (Å²) in [6.45, 7) is 0. The standard InChI is InChI=1S/C15H14O2S2/c16-13(14-2-1-6-17-14)10-18-9-11-3-4-15-12(8-11)5-7-19-15/h1-8,13,16H,9-10H2/t13-/m1/s1. The van der Waals surface area contributed by atoms with E-state index in [1.165, 1.54) is 15.6 Å². The minimum Gasteiger partial charge on any atom is -0.467 e. The normalized spacial score (nSPS) is 12.9. The van der Waals surface area contributed by atoms with Gasteiger partial charge >= 0.3 is 0 Å². The van der Waals surface area contributed by atoms with Gasteiger partial charge in [0.05, 0.1) is 6.26 Å². The number of thioether (sulfide) groups is 1. The smallest absolute Gasteiger partial charge is 0.133 e. The molecule has 1 aromatic carbocycles. The molecule has 3 aromatic rings. The Kier molecular flexibility index (Phi) is 3.92. The van der Waals surface area contributed by atoms with Gasteiger partial charge in [0.1, 0.15) is 11.9 Å². The molecule has 0 saturated carbocycles. The summed E-state index contributed by atoms with van der Waals surface area (Å²) in [6.07, 6.45) is 1.07. The molecule has 0 saturated heterocycles. The Bertz CT molecular complexity index is 643. The second-order valence-electron chi connectivity index (χ2n) is 4.34. The van der Waals surface area contributed by atoms with Gasteiger partial charge in [-0.05, 0) is 46.7 Å². The van der Waals surface area contributed by atoms with Crippen molar-refractivity contribution in [3.05, 3.63) is 59.4 Å². The van der Waals surface area contributed by atoms with Gasteiger partial charge in [-0.25, -0.2) is 0 Å². The average molecular weight is 290 g/mol. The Hall–Kier alpha value is -1.23. The van der Waals surface area contributed by atoms with Gasteiger partial charge in [0.15, 0.2) is 0 Å². The van der Waals surface area contributed by atoms with Crippen LogP contribution < -0.4 is 0 Å². The maximum absolute atomic E-state index is 9.91. The first-order chi connectivity index (χ1) is 9.33. The lowest BCUT2D eigenvalue weighted by molar-refractivity contribution is 0.174. The van der Waals surface area contributed by atoms with Crippen LogP contribution in [-0.4, -0.2) is 10.9 Å². The Morgan fingerprint density at radius 3 is 3.05 bits per heavy atom. The molecule has 0 aliphatic rings. The van der Waals surface area contributed by atoms with Gasteiger partial charge in [-0.3, -0.25) is 0 Å². The number of furan rings is 1. The second kappa shape index (κ2) is 5.82. The van der Waals surface area contributed by atoms with Gasteiger partial charge in [-0.1, -0.05) is 6.07 Å². The van der Waals surface area contributed by atoms with Crippen molar-refractivity contribution in [3.63, 3.8) is 0 Å². The fraction of sp³-hybridized carbons (Fsp3) is 0.200. The highest BCUT2D eigenvalue weighted by Gasteiger charge is 2.10. The molecule has 1 N–H and O–H groups in total. The monoisotopic (exact) mass is 290 g/mol. The molecule has 4 heteroatoms. The number of fused-ring (bicyclic) bond motifs is 1. The zero-order chi connectivity index (χ0) is 13.1. The molecule has 0 unspecified atom stereocenters. The predicted octanol–water partition coefficient (Wildman–Crippen LogP) is 4.46. The number of aliphatic hydroxyl groups excluding tert-OH is 1. The van der Waals surface area contributed by atoms with Crippen molar-refractivity contribution in [2.24, 2.45) is 0 Å². The summed E-state index contributed by atoms with van der Waals surface area (Å²) in [7, 11) is 0. The first kappa shape index (κ1) is 12.8. The molecule has 2 aromatic heterocycles. The van der Waals surface area contributed by atoms with Crippen LogP contribution in [-0.2, 0) is 5.75 Å². The maximum atomic E-state index is 9.91. The summed E-state index contributed by atoms with van der Waals surface area (Å²) in [6, 6.07) is 12.3. The molecular weight excluding hydrogens is 276 g/mol. The summed E-state index contributed by atoms with van der Waals surface area (Å²) in [5, 5.41) is 13.3. The van der Waals surface area contributed by atoms with Crippen molar-refractivity contribution < 1.29 is 9.52 Å². The fourth-order valence-electron chi connectivity index (χ4n) is 1.96. The van der Waals surface area contributed by atoms with Gasteiger partial charge in [-0.15, -0.1) is 11.3 Å². The van der Waals surface area contributed by atoms with Crippen LogP contribution in [0.1, 0.15) is 17.4 Å². The number of benzene rings is 1. The topological polar surface area (TPSA) is 33.4 Å². The van der Waals surface area contributed by atoms with Crippen LogP contribution >= 0.6 is 23.1 Å². The van der Waals surface area contributed by atoms with E-state index in [0.29, 0.717) is 11.5 Å². The van der Waals surface area contributed by atoms with Crippen LogP contribution in [0.25, 0.3) is 10.1 Å². The van der Waals surface area contributed by atoms with Crippen molar-refractivity contribution in [1.29, 1.82) is 0 Å². The van der Waals surface area contributed by atoms with Gasteiger partial charge in [0.25, 0.3) is 0 Å². The zero-order valence-electron chi connectivity index (χ0n) is 10.3. The highest BCUT2D eigenvalue weighted by molar-refractivity contribution is 7.98. The molecule has 1 atom stereocenters. The van der Waals surface area contributed by atoms with Gasteiger partial charge in [-0.2, -0.15) is 11.8 Å². The SMILES string of the molecule is O[C@H](CSCc1ccc2sccc2c1)c1ccco1. The molecular formula is C15H14O2S2. The van der Waals surface area contributed by atoms with E-state index in [0.717, 1.165) is 5.75 Å². The molecule has 3 rings (SSSR count). The summed E-state index contributed by atoms with van der Waals surface area (Å²) in [4.78, 5) is 0. The Balaban J connectivity index is 1.57. The summed E-state index contributed by atoms with van der Waals surface area (Å²) >= 11 is 3.48. The van der Waals surface area contributed by atoms with Crippen LogP contribution in [0.3, 0.4) is 0 Å². The lowest BCUT2D eigenvalue weighted by Crippen LogP contribution is -1.99. The van der Waals surface area contributed by atoms with Crippen LogP contribution in [0.4, 0.5) is 0 Å². The van der Waals surface area contributed by atoms with Crippen LogP contribution in [0, 0.1) is 0 Å². The molecule has 0 fully saturated rings. The maximum Gasteiger partial charge on any atom is 0.133 e. The van der Waals surface area contributed by atoms with Crippen molar-refractivity contribution in [3.8, 4) is 0 Å². The number of aliphatic hydroxyl groups is 1. The quantitative estimate of drug-likeness (QED) is 0.753. The first-order valence-corrected chi connectivity index (χ1v) is 8.12. The fourth-order valence-corrected chi connectivity index (χ4v) is 3.65. The summed E-state index contributed by atoms with van der Waals surface area (Å²) in [5.41, 5.74) is 1.29. The minimum absolute atomic E-state index is 0.523. The molecule has 2 nitrogen and oxygen atoms in total. The Morgan fingerprint density at radius 2 is 2.21 bits per heavy atom. The molecule has 0 radical (unpaired) electrons. The first-order valence-electron chi connectivity index (χ1n) is 6.08. The molecule has 0 aliphatic heterocycles. The van der Waals surface area contributed by atoms with Crippen molar-refractivity contribution in [2.45, 2.75) is 11.9 Å². The third-order valence-corrected chi connectivity index (χ3v) is 4.92. The molecule has 98 valence electrons. The van der Waals surface area contributed by atoms with Gasteiger partial charge in [0, 0.05) is 16.2 Å². The van der Waals surface area contributed by atoms with Crippen molar-refractivity contribution in [1.82, 2.24) is 0 Å². The van der Waals surface area contributed by atoms with E-state index in [-0.39, 0.29) is 0 Å². The second-order valence-corrected chi connectivity index (χ2v) is 6.32. The lowest BCUT2D eigenvalue weighted by Gasteiger charge is -2.07. The van der Waals surface area contributed by atoms with E-state index < -0.39 is 6.10 Å². The molecule has 0 bridgehead atoms. The molecule has 19 heavy (non-hydrogen) atoms.